The molecule has 29 heavy (non-hydrogen) atoms. The van der Waals surface area contributed by atoms with Crippen LogP contribution in [0.15, 0.2) is 54.9 Å². The van der Waals surface area contributed by atoms with Crippen molar-refractivity contribution in [1.29, 1.82) is 0 Å². The largest absolute Gasteiger partial charge is 0.493 e. The fourth-order valence-electron chi connectivity index (χ4n) is 2.90. The molecule has 0 spiro atoms. The molecule has 0 bridgehead atoms. The molecule has 0 saturated carbocycles. The van der Waals surface area contributed by atoms with E-state index in [0.717, 1.165) is 17.7 Å². The molecule has 0 saturated heterocycles. The van der Waals surface area contributed by atoms with Crippen LogP contribution >= 0.6 is 0 Å². The Morgan fingerprint density at radius 3 is 2.55 bits per heavy atom. The summed E-state index contributed by atoms with van der Waals surface area (Å²) >= 11 is 0. The minimum absolute atomic E-state index is 0.283. The monoisotopic (exact) mass is 392 g/mol. The number of carbonyl (C=O) groups is 1. The first kappa shape index (κ1) is 20.1. The summed E-state index contributed by atoms with van der Waals surface area (Å²) in [7, 11) is 3.16. The van der Waals surface area contributed by atoms with E-state index in [0.29, 0.717) is 23.9 Å². The summed E-state index contributed by atoms with van der Waals surface area (Å²) in [5.74, 6) is 1.54. The van der Waals surface area contributed by atoms with Gasteiger partial charge < -0.3 is 20.1 Å². The number of amides is 1. The molecule has 2 aromatic carbocycles. The predicted octanol–water partition coefficient (Wildman–Crippen LogP) is 3.73. The van der Waals surface area contributed by atoms with E-state index in [-0.39, 0.29) is 11.6 Å². The third kappa shape index (κ3) is 5.01. The van der Waals surface area contributed by atoms with Gasteiger partial charge in [-0.1, -0.05) is 31.2 Å². The molecule has 3 rings (SSSR count). The van der Waals surface area contributed by atoms with Gasteiger partial charge in [0.2, 0.25) is 0 Å². The second-order valence-electron chi connectivity index (χ2n) is 6.30. The van der Waals surface area contributed by atoms with Crippen molar-refractivity contribution in [2.75, 3.05) is 19.5 Å². The normalized spacial score (nSPS) is 10.3. The zero-order valence-electron chi connectivity index (χ0n) is 16.7. The molecule has 0 radical (unpaired) electrons. The van der Waals surface area contributed by atoms with Crippen molar-refractivity contribution >= 4 is 17.4 Å². The van der Waals surface area contributed by atoms with Crippen LogP contribution < -0.4 is 20.1 Å². The molecule has 0 aliphatic carbocycles. The Morgan fingerprint density at radius 1 is 1.00 bits per heavy atom. The minimum Gasteiger partial charge on any atom is -0.493 e. The summed E-state index contributed by atoms with van der Waals surface area (Å²) in [5.41, 5.74) is 3.31. The van der Waals surface area contributed by atoms with E-state index in [9.17, 15) is 4.79 Å². The first-order valence-electron chi connectivity index (χ1n) is 9.30. The van der Waals surface area contributed by atoms with Gasteiger partial charge in [0.05, 0.1) is 14.2 Å². The molecule has 2 N–H and O–H groups in total. The number of ether oxygens (including phenoxy) is 2. The van der Waals surface area contributed by atoms with Crippen LogP contribution in [-0.4, -0.2) is 30.1 Å². The highest BCUT2D eigenvalue weighted by Gasteiger charge is 2.11. The number of para-hydroxylation sites is 1. The van der Waals surface area contributed by atoms with Gasteiger partial charge in [0.1, 0.15) is 17.8 Å². The number of nitrogens with zero attached hydrogens (tertiary/aromatic N) is 2. The Balaban J connectivity index is 1.68. The maximum atomic E-state index is 12.5. The van der Waals surface area contributed by atoms with E-state index in [1.165, 1.54) is 11.9 Å². The zero-order valence-corrected chi connectivity index (χ0v) is 16.7. The second kappa shape index (κ2) is 9.54. The lowest BCUT2D eigenvalue weighted by Gasteiger charge is -2.11. The van der Waals surface area contributed by atoms with Crippen LogP contribution in [0, 0.1) is 0 Å². The van der Waals surface area contributed by atoms with Crippen molar-refractivity contribution in [1.82, 2.24) is 15.3 Å². The average molecular weight is 392 g/mol. The highest BCUT2D eigenvalue weighted by molar-refractivity contribution is 5.93. The van der Waals surface area contributed by atoms with Crippen molar-refractivity contribution in [3.05, 3.63) is 71.7 Å². The maximum Gasteiger partial charge on any atom is 0.270 e. The topological polar surface area (TPSA) is 85.4 Å². The van der Waals surface area contributed by atoms with E-state index in [1.807, 2.05) is 30.3 Å². The van der Waals surface area contributed by atoms with Gasteiger partial charge in [-0.25, -0.2) is 9.97 Å². The molecular formula is C22H24N4O3. The smallest absolute Gasteiger partial charge is 0.270 e. The molecule has 1 heterocycles. The van der Waals surface area contributed by atoms with Crippen LogP contribution in [0.25, 0.3) is 0 Å². The van der Waals surface area contributed by atoms with Crippen LogP contribution in [0.1, 0.15) is 28.5 Å². The van der Waals surface area contributed by atoms with Gasteiger partial charge >= 0.3 is 0 Å². The van der Waals surface area contributed by atoms with Crippen molar-refractivity contribution in [3.63, 3.8) is 0 Å². The van der Waals surface area contributed by atoms with Gasteiger partial charge in [0.15, 0.2) is 11.5 Å². The summed E-state index contributed by atoms with van der Waals surface area (Å²) in [4.78, 5) is 20.8. The first-order chi connectivity index (χ1) is 14.1. The molecule has 0 aliphatic heterocycles. The fourth-order valence-corrected chi connectivity index (χ4v) is 2.90. The molecule has 0 fully saturated rings. The number of aryl methyl sites for hydroxylation is 1. The summed E-state index contributed by atoms with van der Waals surface area (Å²) in [6.45, 7) is 2.43. The van der Waals surface area contributed by atoms with Crippen molar-refractivity contribution < 1.29 is 14.3 Å². The number of aromatic nitrogens is 2. The molecule has 1 aromatic heterocycles. The third-order valence-corrected chi connectivity index (χ3v) is 4.46. The molecular weight excluding hydrogens is 368 g/mol. The van der Waals surface area contributed by atoms with Gasteiger partial charge in [0, 0.05) is 18.3 Å². The number of anilines is 2. The molecule has 7 nitrogen and oxygen atoms in total. The molecule has 150 valence electrons. The Morgan fingerprint density at radius 2 is 1.79 bits per heavy atom. The number of benzene rings is 2. The summed E-state index contributed by atoms with van der Waals surface area (Å²) in [5, 5.41) is 6.12. The molecule has 0 aliphatic rings. The molecule has 3 aromatic rings. The standard InChI is InChI=1S/C22H24N4O3/c1-4-16-7-5-6-8-17(16)26-21-12-18(24-14-25-21)22(27)23-13-15-9-10-19(28-2)20(11-15)29-3/h5-12,14H,4,13H2,1-3H3,(H,23,27)(H,24,25,26). The van der Waals surface area contributed by atoms with Gasteiger partial charge in [-0.15, -0.1) is 0 Å². The van der Waals surface area contributed by atoms with Crippen molar-refractivity contribution in [3.8, 4) is 11.5 Å². The highest BCUT2D eigenvalue weighted by atomic mass is 16.5. The number of hydrogen-bond acceptors (Lipinski definition) is 6. The number of carbonyl (C=O) groups excluding carboxylic acids is 1. The SMILES string of the molecule is CCc1ccccc1Nc1cc(C(=O)NCc2ccc(OC)c(OC)c2)ncn1. The highest BCUT2D eigenvalue weighted by Crippen LogP contribution is 2.27. The van der Waals surface area contributed by atoms with Crippen LogP contribution in [0.2, 0.25) is 0 Å². The molecule has 0 atom stereocenters. The first-order valence-corrected chi connectivity index (χ1v) is 9.30. The van der Waals surface area contributed by atoms with E-state index in [2.05, 4.69) is 33.6 Å². The van der Waals surface area contributed by atoms with E-state index in [4.69, 9.17) is 9.47 Å². The summed E-state index contributed by atoms with van der Waals surface area (Å²) in [6.07, 6.45) is 2.27. The minimum atomic E-state index is -0.283. The number of hydrogen-bond donors (Lipinski definition) is 2. The van der Waals surface area contributed by atoms with E-state index >= 15 is 0 Å². The number of methoxy groups -OCH3 is 2. The van der Waals surface area contributed by atoms with Gasteiger partial charge in [-0.05, 0) is 35.7 Å². The Bertz CT molecular complexity index is 991. The molecule has 1 amide bonds. The maximum absolute atomic E-state index is 12.5. The van der Waals surface area contributed by atoms with Gasteiger partial charge in [0.25, 0.3) is 5.91 Å². The number of rotatable bonds is 8. The quantitative estimate of drug-likeness (QED) is 0.608. The second-order valence-corrected chi connectivity index (χ2v) is 6.30. The van der Waals surface area contributed by atoms with Crippen molar-refractivity contribution in [2.45, 2.75) is 19.9 Å². The Labute approximate surface area is 170 Å². The van der Waals surface area contributed by atoms with Crippen LogP contribution in [0.3, 0.4) is 0 Å². The van der Waals surface area contributed by atoms with E-state index in [1.54, 1.807) is 26.4 Å². The van der Waals surface area contributed by atoms with Crippen LogP contribution in [0.4, 0.5) is 11.5 Å². The van der Waals surface area contributed by atoms with E-state index < -0.39 is 0 Å². The third-order valence-electron chi connectivity index (χ3n) is 4.46. The van der Waals surface area contributed by atoms with Crippen LogP contribution in [0.5, 0.6) is 11.5 Å². The van der Waals surface area contributed by atoms with Gasteiger partial charge in [-0.2, -0.15) is 0 Å². The van der Waals surface area contributed by atoms with Crippen molar-refractivity contribution in [2.24, 2.45) is 0 Å². The Hall–Kier alpha value is -3.61. The lowest BCUT2D eigenvalue weighted by atomic mass is 10.1. The number of nitrogens with one attached hydrogen (secondary N) is 2. The lowest BCUT2D eigenvalue weighted by Crippen LogP contribution is -2.24. The average Bonchev–Trinajstić information content (AvgIpc) is 2.77. The fraction of sp³-hybridized carbons (Fsp3) is 0.227. The summed E-state index contributed by atoms with van der Waals surface area (Å²) < 4.78 is 10.5. The molecule has 7 heteroatoms. The van der Waals surface area contributed by atoms with Crippen LogP contribution in [-0.2, 0) is 13.0 Å². The Kier molecular flexibility index (Phi) is 6.63. The predicted molar refractivity (Wildman–Crippen MR) is 112 cm³/mol. The lowest BCUT2D eigenvalue weighted by molar-refractivity contribution is 0.0945. The van der Waals surface area contributed by atoms with Gasteiger partial charge in [-0.3, -0.25) is 4.79 Å². The summed E-state index contributed by atoms with van der Waals surface area (Å²) in [6, 6.07) is 15.1. The zero-order chi connectivity index (χ0) is 20.6. The molecule has 0 unspecified atom stereocenters.